The summed E-state index contributed by atoms with van der Waals surface area (Å²) in [4.78, 5) is 17.2. The molecule has 4 heteroatoms. The SMILES string of the molecule is O=C=NCCc1cccnc1Br. The molecule has 3 nitrogen and oxygen atoms in total. The first-order valence-corrected chi connectivity index (χ1v) is 4.27. The van der Waals surface area contributed by atoms with Gasteiger partial charge in [-0.3, -0.25) is 0 Å². The molecule has 0 aliphatic heterocycles. The summed E-state index contributed by atoms with van der Waals surface area (Å²) in [6.45, 7) is 0.466. The summed E-state index contributed by atoms with van der Waals surface area (Å²) in [5.41, 5.74) is 1.05. The van der Waals surface area contributed by atoms with Gasteiger partial charge in [0, 0.05) is 6.20 Å². The van der Waals surface area contributed by atoms with Crippen molar-refractivity contribution in [3.8, 4) is 0 Å². The number of isocyanates is 1. The van der Waals surface area contributed by atoms with Crippen LogP contribution in [0.1, 0.15) is 5.56 Å². The van der Waals surface area contributed by atoms with Crippen molar-refractivity contribution >= 4 is 22.0 Å². The maximum atomic E-state index is 9.76. The van der Waals surface area contributed by atoms with Gasteiger partial charge in [0.25, 0.3) is 0 Å². The van der Waals surface area contributed by atoms with E-state index in [2.05, 4.69) is 25.9 Å². The lowest BCUT2D eigenvalue weighted by atomic mass is 10.2. The summed E-state index contributed by atoms with van der Waals surface area (Å²) >= 11 is 3.30. The number of halogens is 1. The third-order valence-corrected chi connectivity index (χ3v) is 2.11. The predicted octanol–water partition coefficient (Wildman–Crippen LogP) is 1.72. The van der Waals surface area contributed by atoms with Crippen molar-refractivity contribution in [2.45, 2.75) is 6.42 Å². The minimum Gasteiger partial charge on any atom is -0.249 e. The van der Waals surface area contributed by atoms with E-state index < -0.39 is 0 Å². The fraction of sp³-hybridized carbons (Fsp3) is 0.250. The Morgan fingerprint density at radius 2 is 2.50 bits per heavy atom. The van der Waals surface area contributed by atoms with Gasteiger partial charge in [-0.2, -0.15) is 0 Å². The molecule has 12 heavy (non-hydrogen) atoms. The molecular formula is C8H7BrN2O. The van der Waals surface area contributed by atoms with Gasteiger partial charge in [-0.05, 0) is 34.0 Å². The molecule has 0 N–H and O–H groups in total. The van der Waals surface area contributed by atoms with Gasteiger partial charge in [-0.15, -0.1) is 0 Å². The summed E-state index contributed by atoms with van der Waals surface area (Å²) < 4.78 is 0.811. The summed E-state index contributed by atoms with van der Waals surface area (Å²) in [7, 11) is 0. The quantitative estimate of drug-likeness (QED) is 0.448. The van der Waals surface area contributed by atoms with Crippen molar-refractivity contribution in [2.24, 2.45) is 4.99 Å². The lowest BCUT2D eigenvalue weighted by Crippen LogP contribution is -1.91. The summed E-state index contributed by atoms with van der Waals surface area (Å²) in [5.74, 6) is 0. The van der Waals surface area contributed by atoms with Gasteiger partial charge >= 0.3 is 0 Å². The van der Waals surface area contributed by atoms with Gasteiger partial charge in [0.15, 0.2) is 0 Å². The zero-order chi connectivity index (χ0) is 8.81. The Bertz CT molecular complexity index is 308. The topological polar surface area (TPSA) is 42.3 Å². The summed E-state index contributed by atoms with van der Waals surface area (Å²) in [5, 5.41) is 0. The Labute approximate surface area is 78.7 Å². The molecule has 0 amide bonds. The fourth-order valence-electron chi connectivity index (χ4n) is 0.828. The molecule has 0 spiro atoms. The maximum absolute atomic E-state index is 9.76. The van der Waals surface area contributed by atoms with Gasteiger partial charge in [-0.25, -0.2) is 14.8 Å². The maximum Gasteiger partial charge on any atom is 0.234 e. The number of aliphatic imine (C=N–C) groups is 1. The van der Waals surface area contributed by atoms with Crippen molar-refractivity contribution in [3.63, 3.8) is 0 Å². The highest BCUT2D eigenvalue weighted by Gasteiger charge is 1.97. The van der Waals surface area contributed by atoms with Crippen molar-refractivity contribution in [1.29, 1.82) is 0 Å². The molecule has 0 unspecified atom stereocenters. The molecule has 0 saturated carbocycles. The predicted molar refractivity (Wildman–Crippen MR) is 48.6 cm³/mol. The molecule has 1 aromatic rings. The van der Waals surface area contributed by atoms with Crippen LogP contribution in [0, 0.1) is 0 Å². The van der Waals surface area contributed by atoms with Crippen LogP contribution in [0.2, 0.25) is 0 Å². The largest absolute Gasteiger partial charge is 0.249 e. The molecule has 0 atom stereocenters. The van der Waals surface area contributed by atoms with Crippen molar-refractivity contribution in [3.05, 3.63) is 28.5 Å². The van der Waals surface area contributed by atoms with Crippen LogP contribution in [-0.2, 0) is 11.2 Å². The number of pyridine rings is 1. The minimum atomic E-state index is 0.466. The van der Waals surface area contributed by atoms with Crippen LogP contribution in [0.4, 0.5) is 0 Å². The highest BCUT2D eigenvalue weighted by atomic mass is 79.9. The highest BCUT2D eigenvalue weighted by molar-refractivity contribution is 9.10. The van der Waals surface area contributed by atoms with Crippen LogP contribution < -0.4 is 0 Å². The Balaban J connectivity index is 2.62. The molecule has 0 aliphatic carbocycles. The standard InChI is InChI=1S/C8H7BrN2O/c9-8-7(2-1-4-11-8)3-5-10-6-12/h1-2,4H,3,5H2. The van der Waals surface area contributed by atoms with Crippen LogP contribution in [0.15, 0.2) is 27.9 Å². The van der Waals surface area contributed by atoms with Crippen LogP contribution in [0.5, 0.6) is 0 Å². The van der Waals surface area contributed by atoms with E-state index >= 15 is 0 Å². The third-order valence-electron chi connectivity index (χ3n) is 1.39. The molecule has 0 fully saturated rings. The van der Waals surface area contributed by atoms with Crippen LogP contribution in [-0.4, -0.2) is 17.6 Å². The number of rotatable bonds is 3. The number of aromatic nitrogens is 1. The normalized spacial score (nSPS) is 9.08. The second-order valence-corrected chi connectivity index (χ2v) is 2.93. The van der Waals surface area contributed by atoms with Crippen LogP contribution in [0.3, 0.4) is 0 Å². The van der Waals surface area contributed by atoms with E-state index in [1.54, 1.807) is 6.20 Å². The molecule has 1 rings (SSSR count). The molecule has 0 radical (unpaired) electrons. The van der Waals surface area contributed by atoms with E-state index in [0.717, 1.165) is 10.2 Å². The average Bonchev–Trinajstić information content (AvgIpc) is 2.09. The van der Waals surface area contributed by atoms with Crippen molar-refractivity contribution in [2.75, 3.05) is 6.54 Å². The summed E-state index contributed by atoms with van der Waals surface area (Å²) in [6, 6.07) is 3.79. The van der Waals surface area contributed by atoms with Gasteiger partial charge in [0.05, 0.1) is 6.54 Å². The van der Waals surface area contributed by atoms with E-state index in [-0.39, 0.29) is 0 Å². The van der Waals surface area contributed by atoms with Crippen LogP contribution in [0.25, 0.3) is 0 Å². The minimum absolute atomic E-state index is 0.466. The molecule has 1 aromatic heterocycles. The monoisotopic (exact) mass is 226 g/mol. The zero-order valence-electron chi connectivity index (χ0n) is 6.33. The molecule has 1 heterocycles. The second-order valence-electron chi connectivity index (χ2n) is 2.18. The lowest BCUT2D eigenvalue weighted by Gasteiger charge is -1.98. The molecule has 62 valence electrons. The fourth-order valence-corrected chi connectivity index (χ4v) is 1.28. The van der Waals surface area contributed by atoms with Gasteiger partial charge < -0.3 is 0 Å². The second kappa shape index (κ2) is 4.80. The smallest absolute Gasteiger partial charge is 0.234 e. The molecule has 0 saturated heterocycles. The van der Waals surface area contributed by atoms with E-state index in [1.807, 2.05) is 12.1 Å². The van der Waals surface area contributed by atoms with Crippen molar-refractivity contribution in [1.82, 2.24) is 4.98 Å². The molecular weight excluding hydrogens is 220 g/mol. The lowest BCUT2D eigenvalue weighted by molar-refractivity contribution is 0.563. The van der Waals surface area contributed by atoms with Gasteiger partial charge in [0.2, 0.25) is 6.08 Å². The van der Waals surface area contributed by atoms with E-state index in [9.17, 15) is 4.79 Å². The van der Waals surface area contributed by atoms with E-state index in [4.69, 9.17) is 0 Å². The number of hydrogen-bond acceptors (Lipinski definition) is 3. The average molecular weight is 227 g/mol. The molecule has 0 bridgehead atoms. The van der Waals surface area contributed by atoms with Gasteiger partial charge in [0.1, 0.15) is 4.60 Å². The number of hydrogen-bond donors (Lipinski definition) is 0. The van der Waals surface area contributed by atoms with Crippen LogP contribution >= 0.6 is 15.9 Å². The third kappa shape index (κ3) is 2.57. The first-order chi connectivity index (χ1) is 5.84. The zero-order valence-corrected chi connectivity index (χ0v) is 7.91. The Morgan fingerprint density at radius 1 is 1.67 bits per heavy atom. The molecule has 0 aliphatic rings. The highest BCUT2D eigenvalue weighted by Crippen LogP contribution is 2.12. The van der Waals surface area contributed by atoms with E-state index in [0.29, 0.717) is 13.0 Å². The van der Waals surface area contributed by atoms with E-state index in [1.165, 1.54) is 6.08 Å². The Kier molecular flexibility index (Phi) is 3.64. The summed E-state index contributed by atoms with van der Waals surface area (Å²) in [6.07, 6.45) is 3.91. The number of carbonyl (C=O) groups excluding carboxylic acids is 1. The Morgan fingerprint density at radius 3 is 3.17 bits per heavy atom. The first-order valence-electron chi connectivity index (χ1n) is 3.47. The van der Waals surface area contributed by atoms with Crippen molar-refractivity contribution < 1.29 is 4.79 Å². The van der Waals surface area contributed by atoms with Gasteiger partial charge in [-0.1, -0.05) is 6.07 Å². The molecule has 0 aromatic carbocycles. The number of nitrogens with zero attached hydrogens (tertiary/aromatic N) is 2. The Hall–Kier alpha value is -0.990. The first kappa shape index (κ1) is 9.10.